The molecule has 0 bridgehead atoms. The van der Waals surface area contributed by atoms with Crippen LogP contribution in [0.4, 0.5) is 11.4 Å². The molecule has 0 radical (unpaired) electrons. The van der Waals surface area contributed by atoms with Crippen molar-refractivity contribution in [1.29, 1.82) is 0 Å². The molecule has 0 saturated heterocycles. The van der Waals surface area contributed by atoms with Crippen molar-refractivity contribution in [3.63, 3.8) is 0 Å². The minimum absolute atomic E-state index is 0.0290. The Hall–Kier alpha value is -4.50. The molecular weight excluding hydrogens is 886 g/mol. The molecule has 0 amide bonds. The first-order chi connectivity index (χ1) is 29.3. The number of carbonyl (C=O) groups excluding carboxylic acids is 2. The number of azo groups is 2. The fraction of sp³-hybridized carbons (Fsp3) is 0.308. The van der Waals surface area contributed by atoms with Gasteiger partial charge in [-0.1, -0.05) is 166 Å². The number of hydrogen-bond donors (Lipinski definition) is 0. The van der Waals surface area contributed by atoms with Crippen LogP contribution in [0.15, 0.2) is 150 Å². The summed E-state index contributed by atoms with van der Waals surface area (Å²) in [5.74, 6) is 0.0644. The van der Waals surface area contributed by atoms with Gasteiger partial charge in [-0.2, -0.15) is 0 Å². The lowest BCUT2D eigenvalue weighted by molar-refractivity contribution is -0.114. The van der Waals surface area contributed by atoms with Gasteiger partial charge in [0.2, 0.25) is 0 Å². The number of ketones is 2. The van der Waals surface area contributed by atoms with Crippen LogP contribution in [0.25, 0.3) is 22.5 Å². The molecule has 0 aliphatic heterocycles. The average Bonchev–Trinajstić information content (AvgIpc) is 3.71. The van der Waals surface area contributed by atoms with Crippen molar-refractivity contribution in [2.45, 2.75) is 83.1 Å². The molecule has 0 atom stereocenters. The van der Waals surface area contributed by atoms with Gasteiger partial charge in [0.1, 0.15) is 22.8 Å². The van der Waals surface area contributed by atoms with E-state index in [9.17, 15) is 9.59 Å². The predicted octanol–water partition coefficient (Wildman–Crippen LogP) is 18.1. The molecule has 0 saturated carbocycles. The molecule has 0 N–H and O–H groups in total. The van der Waals surface area contributed by atoms with Gasteiger partial charge in [-0.05, 0) is 81.7 Å². The number of halogens is 4. The molecule has 2 aliphatic carbocycles. The lowest BCUT2D eigenvalue weighted by Crippen LogP contribution is -2.28. The van der Waals surface area contributed by atoms with Crippen LogP contribution in [0.5, 0.6) is 0 Å². The number of rotatable bonds is 7. The number of hydrogen-bond acceptors (Lipinski definition) is 7. The van der Waals surface area contributed by atoms with Crippen molar-refractivity contribution in [2.24, 2.45) is 42.1 Å². The highest BCUT2D eigenvalue weighted by atomic mass is 35.5. The fourth-order valence-corrected chi connectivity index (χ4v) is 8.80. The van der Waals surface area contributed by atoms with Crippen LogP contribution in [0, 0.1) is 21.7 Å². The van der Waals surface area contributed by atoms with E-state index in [1.807, 2.05) is 155 Å². The zero-order chi connectivity index (χ0) is 46.4. The molecule has 3 aromatic carbocycles. The Labute approximate surface area is 395 Å². The largest absolute Gasteiger partial charge is 0.289 e. The molecule has 0 spiro atoms. The maximum Gasteiger partial charge on any atom is 0.186 e. The van der Waals surface area contributed by atoms with Crippen molar-refractivity contribution in [1.82, 2.24) is 0 Å². The predicted molar refractivity (Wildman–Crippen MR) is 266 cm³/mol. The summed E-state index contributed by atoms with van der Waals surface area (Å²) < 4.78 is 0. The molecule has 1 aromatic heterocycles. The zero-order valence-corrected chi connectivity index (χ0v) is 41.6. The summed E-state index contributed by atoms with van der Waals surface area (Å²) in [6, 6.07) is 20.3. The van der Waals surface area contributed by atoms with Crippen molar-refractivity contribution >= 4 is 92.1 Å². The van der Waals surface area contributed by atoms with Crippen LogP contribution in [-0.2, 0) is 9.59 Å². The monoisotopic (exact) mass is 936 g/mol. The number of nitrogens with zero attached hydrogens (tertiary/aromatic N) is 4. The van der Waals surface area contributed by atoms with Gasteiger partial charge in [-0.15, -0.1) is 31.8 Å². The van der Waals surface area contributed by atoms with E-state index in [2.05, 4.69) is 10.2 Å². The van der Waals surface area contributed by atoms with Crippen LogP contribution in [0.1, 0.15) is 93.5 Å². The number of benzene rings is 3. The minimum atomic E-state index is -0.408. The second-order valence-corrected chi connectivity index (χ2v) is 22.4. The van der Waals surface area contributed by atoms with Crippen LogP contribution in [-0.4, -0.2) is 11.6 Å². The number of thiophene rings is 1. The highest BCUT2D eigenvalue weighted by Crippen LogP contribution is 2.46. The summed E-state index contributed by atoms with van der Waals surface area (Å²) in [7, 11) is 0. The van der Waals surface area contributed by atoms with Gasteiger partial charge in [0.05, 0.1) is 25.0 Å². The number of allylic oxidation sites excluding steroid dienone is 10. The lowest BCUT2D eigenvalue weighted by Gasteiger charge is -2.31. The second-order valence-electron chi connectivity index (χ2n) is 19.8. The summed E-state index contributed by atoms with van der Waals surface area (Å²) in [6.45, 7) is 24.4. The molecule has 326 valence electrons. The van der Waals surface area contributed by atoms with E-state index in [-0.39, 0.29) is 21.6 Å². The summed E-state index contributed by atoms with van der Waals surface area (Å²) in [5.41, 5.74) is 6.50. The normalized spacial score (nSPS) is 15.6. The van der Waals surface area contributed by atoms with Gasteiger partial charge < -0.3 is 0 Å². The van der Waals surface area contributed by atoms with Crippen molar-refractivity contribution in [3.8, 4) is 11.1 Å². The SMILES string of the molecule is CC(C)(C)C1=CC(=C(N=Nc2cc(Cl)c(-c3cc(Cl)c(N=NC(=C4C=C(C(C)(C)C)C(=O)C(C(C)(C)C)=C4)c4cccs4)cc3Cl)cc2Cl)c2ccccc2)C=C(C(C)(C)C)C1=O. The standard InChI is InChI=1S/C52H52Cl4N4O2S/c1-49(2,3)34-21-30(22-35(47(34)61)50(4,5)6)45(29-17-14-13-15-18-29)59-57-42-27-38(53)32(25-40(42)55)33-26-41(56)43(28-39(33)54)58-60-46(44-19-16-20-63-44)31-23-36(51(7,8)9)48(62)37(24-31)52(10,11)12/h13-28H,1-12H3. The first-order valence-electron chi connectivity index (χ1n) is 20.6. The first kappa shape index (κ1) is 48.0. The molecule has 2 aliphatic rings. The Balaban J connectivity index is 1.40. The van der Waals surface area contributed by atoms with Gasteiger partial charge in [0.25, 0.3) is 0 Å². The second kappa shape index (κ2) is 18.2. The number of carbonyl (C=O) groups is 2. The Morgan fingerprint density at radius 2 is 0.857 bits per heavy atom. The maximum absolute atomic E-state index is 13.8. The van der Waals surface area contributed by atoms with Crippen molar-refractivity contribution in [3.05, 3.63) is 160 Å². The Bertz CT molecular complexity index is 2690. The summed E-state index contributed by atoms with van der Waals surface area (Å²) in [5, 5.41) is 22.0. The van der Waals surface area contributed by atoms with E-state index in [1.165, 1.54) is 11.3 Å². The summed E-state index contributed by atoms with van der Waals surface area (Å²) in [4.78, 5) is 28.4. The molecule has 1 heterocycles. The third-order valence-corrected chi connectivity index (χ3v) is 12.7. The van der Waals surface area contributed by atoms with E-state index < -0.39 is 21.7 Å². The van der Waals surface area contributed by atoms with Crippen molar-refractivity contribution < 1.29 is 9.59 Å². The Morgan fingerprint density at radius 1 is 0.476 bits per heavy atom. The minimum Gasteiger partial charge on any atom is -0.289 e. The molecule has 0 unspecified atom stereocenters. The molecule has 4 aromatic rings. The fourth-order valence-electron chi connectivity index (χ4n) is 7.15. The van der Waals surface area contributed by atoms with E-state index >= 15 is 0 Å². The van der Waals surface area contributed by atoms with Crippen LogP contribution in [0.3, 0.4) is 0 Å². The summed E-state index contributed by atoms with van der Waals surface area (Å²) >= 11 is 29.3. The molecule has 6 rings (SSSR count). The molecule has 6 nitrogen and oxygen atoms in total. The van der Waals surface area contributed by atoms with E-state index in [4.69, 9.17) is 56.6 Å². The maximum atomic E-state index is 13.8. The third kappa shape index (κ3) is 10.7. The molecule has 0 fully saturated rings. The van der Waals surface area contributed by atoms with Gasteiger partial charge in [-0.25, -0.2) is 0 Å². The molecule has 63 heavy (non-hydrogen) atoms. The van der Waals surface area contributed by atoms with Crippen LogP contribution < -0.4 is 0 Å². The zero-order valence-electron chi connectivity index (χ0n) is 37.8. The Kier molecular flexibility index (Phi) is 13.8. The van der Waals surface area contributed by atoms with Crippen molar-refractivity contribution in [2.75, 3.05) is 0 Å². The van der Waals surface area contributed by atoms with Gasteiger partial charge in [-0.3, -0.25) is 9.59 Å². The van der Waals surface area contributed by atoms with Gasteiger partial charge in [0, 0.05) is 50.1 Å². The van der Waals surface area contributed by atoms with Gasteiger partial charge >= 0.3 is 0 Å². The van der Waals surface area contributed by atoms with Gasteiger partial charge in [0.15, 0.2) is 11.6 Å². The highest BCUT2D eigenvalue weighted by Gasteiger charge is 2.36. The third-order valence-electron chi connectivity index (χ3n) is 10.6. The topological polar surface area (TPSA) is 83.6 Å². The molecule has 11 heteroatoms. The number of Topliss-reactive ketones (excluding diaryl/α,β-unsaturated/α-hetero) is 2. The average molecular weight is 939 g/mol. The highest BCUT2D eigenvalue weighted by molar-refractivity contribution is 7.11. The van der Waals surface area contributed by atoms with E-state index in [0.717, 1.165) is 21.6 Å². The lowest BCUT2D eigenvalue weighted by atomic mass is 9.71. The smallest absolute Gasteiger partial charge is 0.186 e. The van der Waals surface area contributed by atoms with Crippen LogP contribution in [0.2, 0.25) is 20.1 Å². The van der Waals surface area contributed by atoms with E-state index in [0.29, 0.717) is 66.2 Å². The summed E-state index contributed by atoms with van der Waals surface area (Å²) in [6.07, 6.45) is 7.69. The Morgan fingerprint density at radius 3 is 1.22 bits per heavy atom. The molecular formula is C52H52Cl4N4O2S. The van der Waals surface area contributed by atoms with E-state index in [1.54, 1.807) is 24.3 Å². The quantitative estimate of drug-likeness (QED) is 0.173. The van der Waals surface area contributed by atoms with Crippen LogP contribution >= 0.6 is 57.7 Å². The first-order valence-corrected chi connectivity index (χ1v) is 23.0.